The van der Waals surface area contributed by atoms with E-state index in [9.17, 15) is 9.59 Å². The molecule has 16 heavy (non-hydrogen) atoms. The van der Waals surface area contributed by atoms with Crippen LogP contribution in [0.5, 0.6) is 0 Å². The van der Waals surface area contributed by atoms with E-state index in [-0.39, 0.29) is 24.8 Å². The standard InChI is InChI=1S/C12H20O4/c1-5-9(7-11(13)15-3)10(6-2)8-12(14)16-4/h5-8H2,1-4H3. The Balaban J connectivity index is 4.75. The van der Waals surface area contributed by atoms with Gasteiger partial charge in [0.05, 0.1) is 27.1 Å². The molecule has 0 aromatic carbocycles. The van der Waals surface area contributed by atoms with Gasteiger partial charge in [0.2, 0.25) is 0 Å². The number of carbonyl (C=O) groups excluding carboxylic acids is 2. The topological polar surface area (TPSA) is 52.6 Å². The number of carbonyl (C=O) groups is 2. The molecule has 0 N–H and O–H groups in total. The summed E-state index contributed by atoms with van der Waals surface area (Å²) < 4.78 is 9.24. The number of hydrogen-bond donors (Lipinski definition) is 0. The smallest absolute Gasteiger partial charge is 0.309 e. The lowest BCUT2D eigenvalue weighted by atomic mass is 9.98. The first-order chi connectivity index (χ1) is 7.58. The van der Waals surface area contributed by atoms with Crippen molar-refractivity contribution in [2.24, 2.45) is 0 Å². The summed E-state index contributed by atoms with van der Waals surface area (Å²) in [5, 5.41) is 0. The maximum atomic E-state index is 11.2. The van der Waals surface area contributed by atoms with Crippen LogP contribution in [0, 0.1) is 0 Å². The van der Waals surface area contributed by atoms with Gasteiger partial charge < -0.3 is 9.47 Å². The Hall–Kier alpha value is -1.32. The van der Waals surface area contributed by atoms with Gasteiger partial charge in [0.15, 0.2) is 0 Å². The van der Waals surface area contributed by atoms with Crippen LogP contribution in [-0.4, -0.2) is 26.2 Å². The highest BCUT2D eigenvalue weighted by molar-refractivity contribution is 5.75. The summed E-state index contributed by atoms with van der Waals surface area (Å²) in [5.74, 6) is -0.541. The molecule has 0 spiro atoms. The Morgan fingerprint density at radius 2 is 1.12 bits per heavy atom. The molecule has 0 saturated carbocycles. The fraction of sp³-hybridized carbons (Fsp3) is 0.667. The monoisotopic (exact) mass is 228 g/mol. The van der Waals surface area contributed by atoms with Gasteiger partial charge in [-0.3, -0.25) is 9.59 Å². The molecular weight excluding hydrogens is 208 g/mol. The molecule has 4 heteroatoms. The molecule has 0 aliphatic heterocycles. The predicted octanol–water partition coefficient (Wildman–Crippen LogP) is 2.23. The number of esters is 2. The molecule has 0 aliphatic carbocycles. The van der Waals surface area contributed by atoms with Crippen molar-refractivity contribution >= 4 is 11.9 Å². The second-order valence-electron chi connectivity index (χ2n) is 3.42. The second kappa shape index (κ2) is 7.91. The first-order valence-electron chi connectivity index (χ1n) is 5.42. The first kappa shape index (κ1) is 14.7. The maximum absolute atomic E-state index is 11.2. The van der Waals surface area contributed by atoms with Crippen molar-refractivity contribution in [1.29, 1.82) is 0 Å². The van der Waals surface area contributed by atoms with Gasteiger partial charge in [0, 0.05) is 0 Å². The molecule has 0 aromatic rings. The molecule has 0 rings (SSSR count). The highest BCUT2D eigenvalue weighted by Gasteiger charge is 2.12. The van der Waals surface area contributed by atoms with Crippen LogP contribution in [-0.2, 0) is 19.1 Å². The Kier molecular flexibility index (Phi) is 7.25. The molecule has 0 saturated heterocycles. The normalized spacial score (nSPS) is 11.8. The van der Waals surface area contributed by atoms with E-state index >= 15 is 0 Å². The van der Waals surface area contributed by atoms with Gasteiger partial charge >= 0.3 is 11.9 Å². The Labute approximate surface area is 96.6 Å². The summed E-state index contributed by atoms with van der Waals surface area (Å²) in [6.45, 7) is 3.93. The summed E-state index contributed by atoms with van der Waals surface area (Å²) in [7, 11) is 2.73. The number of rotatable bonds is 6. The van der Waals surface area contributed by atoms with Crippen LogP contribution in [0.15, 0.2) is 11.1 Å². The summed E-state index contributed by atoms with van der Waals surface area (Å²) in [6.07, 6.45) is 2.00. The largest absolute Gasteiger partial charge is 0.469 e. The highest BCUT2D eigenvalue weighted by atomic mass is 16.5. The first-order valence-corrected chi connectivity index (χ1v) is 5.42. The molecule has 92 valence electrons. The summed E-state index contributed by atoms with van der Waals surface area (Å²) >= 11 is 0. The van der Waals surface area contributed by atoms with Crippen LogP contribution in [0.25, 0.3) is 0 Å². The van der Waals surface area contributed by atoms with Crippen molar-refractivity contribution < 1.29 is 19.1 Å². The zero-order valence-corrected chi connectivity index (χ0v) is 10.5. The van der Waals surface area contributed by atoms with Crippen molar-refractivity contribution in [3.05, 3.63) is 11.1 Å². The van der Waals surface area contributed by atoms with E-state index in [1.54, 1.807) is 0 Å². The van der Waals surface area contributed by atoms with E-state index in [4.69, 9.17) is 0 Å². The highest BCUT2D eigenvalue weighted by Crippen LogP contribution is 2.20. The van der Waals surface area contributed by atoms with Crippen molar-refractivity contribution in [2.75, 3.05) is 14.2 Å². The van der Waals surface area contributed by atoms with Gasteiger partial charge in [-0.05, 0) is 12.8 Å². The van der Waals surface area contributed by atoms with Crippen LogP contribution in [0.3, 0.4) is 0 Å². The number of hydrogen-bond acceptors (Lipinski definition) is 4. The lowest BCUT2D eigenvalue weighted by Gasteiger charge is -2.11. The van der Waals surface area contributed by atoms with Crippen LogP contribution < -0.4 is 0 Å². The third-order valence-corrected chi connectivity index (χ3v) is 2.52. The molecule has 4 nitrogen and oxygen atoms in total. The number of ether oxygens (including phenoxy) is 2. The molecule has 0 bridgehead atoms. The minimum atomic E-state index is -0.271. The quantitative estimate of drug-likeness (QED) is 0.516. The number of methoxy groups -OCH3 is 2. The van der Waals surface area contributed by atoms with Gasteiger partial charge in [0.1, 0.15) is 0 Å². The zero-order chi connectivity index (χ0) is 12.6. The Bertz CT molecular complexity index is 251. The van der Waals surface area contributed by atoms with Crippen molar-refractivity contribution in [1.82, 2.24) is 0 Å². The molecule has 0 radical (unpaired) electrons. The SMILES string of the molecule is CCC(CC(=O)OC)=C(CC)CC(=O)OC. The van der Waals surface area contributed by atoms with Crippen LogP contribution in [0.1, 0.15) is 39.5 Å². The van der Waals surface area contributed by atoms with Crippen LogP contribution in [0.4, 0.5) is 0 Å². The van der Waals surface area contributed by atoms with E-state index in [1.807, 2.05) is 13.8 Å². The van der Waals surface area contributed by atoms with Gasteiger partial charge in [-0.1, -0.05) is 25.0 Å². The molecule has 0 heterocycles. The second-order valence-corrected chi connectivity index (χ2v) is 3.42. The molecule has 0 unspecified atom stereocenters. The van der Waals surface area contributed by atoms with E-state index in [0.29, 0.717) is 0 Å². The minimum absolute atomic E-state index is 0.257. The fourth-order valence-electron chi connectivity index (χ4n) is 1.49. The van der Waals surface area contributed by atoms with Gasteiger partial charge in [-0.15, -0.1) is 0 Å². The Morgan fingerprint density at radius 1 is 0.812 bits per heavy atom. The molecule has 0 fully saturated rings. The fourth-order valence-corrected chi connectivity index (χ4v) is 1.49. The predicted molar refractivity (Wildman–Crippen MR) is 60.9 cm³/mol. The van der Waals surface area contributed by atoms with Crippen molar-refractivity contribution in [2.45, 2.75) is 39.5 Å². The molecule has 0 aromatic heterocycles. The third-order valence-electron chi connectivity index (χ3n) is 2.52. The van der Waals surface area contributed by atoms with Gasteiger partial charge in [-0.25, -0.2) is 0 Å². The van der Waals surface area contributed by atoms with E-state index in [0.717, 1.165) is 24.0 Å². The van der Waals surface area contributed by atoms with Crippen LogP contribution >= 0.6 is 0 Å². The van der Waals surface area contributed by atoms with Crippen molar-refractivity contribution in [3.63, 3.8) is 0 Å². The van der Waals surface area contributed by atoms with Gasteiger partial charge in [0.25, 0.3) is 0 Å². The Morgan fingerprint density at radius 3 is 1.31 bits per heavy atom. The lowest BCUT2D eigenvalue weighted by molar-refractivity contribution is -0.141. The average molecular weight is 228 g/mol. The summed E-state index contributed by atoms with van der Waals surface area (Å²) in [6, 6.07) is 0. The van der Waals surface area contributed by atoms with Crippen molar-refractivity contribution in [3.8, 4) is 0 Å². The molecular formula is C12H20O4. The van der Waals surface area contributed by atoms with Crippen LogP contribution in [0.2, 0.25) is 0 Å². The van der Waals surface area contributed by atoms with E-state index < -0.39 is 0 Å². The lowest BCUT2D eigenvalue weighted by Crippen LogP contribution is -2.07. The average Bonchev–Trinajstić information content (AvgIpc) is 2.32. The summed E-state index contributed by atoms with van der Waals surface area (Å²) in [5.41, 5.74) is 1.94. The molecule has 0 atom stereocenters. The minimum Gasteiger partial charge on any atom is -0.469 e. The molecule has 0 aliphatic rings. The summed E-state index contributed by atoms with van der Waals surface area (Å²) in [4.78, 5) is 22.4. The molecule has 0 amide bonds. The van der Waals surface area contributed by atoms with E-state index in [2.05, 4.69) is 9.47 Å². The third kappa shape index (κ3) is 4.96. The zero-order valence-electron chi connectivity index (χ0n) is 10.5. The van der Waals surface area contributed by atoms with E-state index in [1.165, 1.54) is 14.2 Å². The van der Waals surface area contributed by atoms with Gasteiger partial charge in [-0.2, -0.15) is 0 Å². The maximum Gasteiger partial charge on any atom is 0.309 e.